The summed E-state index contributed by atoms with van der Waals surface area (Å²) in [6, 6.07) is 6.92. The molecule has 2 rings (SSSR count). The minimum atomic E-state index is -2.87. The predicted molar refractivity (Wildman–Crippen MR) is 91.0 cm³/mol. The number of ether oxygens (including phenoxy) is 1. The van der Waals surface area contributed by atoms with Crippen molar-refractivity contribution in [3.05, 3.63) is 29.8 Å². The van der Waals surface area contributed by atoms with Crippen LogP contribution < -0.4 is 15.5 Å². The predicted octanol–water partition coefficient (Wildman–Crippen LogP) is 3.81. The Bertz CT molecular complexity index is 560. The molecule has 0 aromatic heterocycles. The van der Waals surface area contributed by atoms with E-state index < -0.39 is 6.61 Å². The number of hydrazone groups is 1. The first-order valence-corrected chi connectivity index (χ1v) is 8.12. The van der Waals surface area contributed by atoms with E-state index in [-0.39, 0.29) is 5.75 Å². The molecule has 0 atom stereocenters. The maximum Gasteiger partial charge on any atom is 0.387 e. The van der Waals surface area contributed by atoms with Crippen LogP contribution in [0.2, 0.25) is 0 Å². The van der Waals surface area contributed by atoms with Crippen molar-refractivity contribution in [3.8, 4) is 5.75 Å². The highest BCUT2D eigenvalue weighted by Gasteiger charge is 2.14. The largest absolute Gasteiger partial charge is 0.434 e. The third-order valence-electron chi connectivity index (χ3n) is 3.76. The molecule has 7 heteroatoms. The number of benzene rings is 1. The Kier molecular flexibility index (Phi) is 6.70. The van der Waals surface area contributed by atoms with Crippen molar-refractivity contribution in [2.45, 2.75) is 51.7 Å². The summed E-state index contributed by atoms with van der Waals surface area (Å²) in [5.74, 6) is 0.0942. The van der Waals surface area contributed by atoms with Crippen LogP contribution in [0.5, 0.6) is 5.75 Å². The van der Waals surface area contributed by atoms with Crippen LogP contribution in [0.4, 0.5) is 8.78 Å². The number of thiocarbonyl (C=S) groups is 1. The quantitative estimate of drug-likeness (QED) is 0.486. The van der Waals surface area contributed by atoms with Crippen LogP contribution >= 0.6 is 12.2 Å². The fourth-order valence-electron chi connectivity index (χ4n) is 2.62. The van der Waals surface area contributed by atoms with Crippen molar-refractivity contribution in [2.75, 3.05) is 0 Å². The Morgan fingerprint density at radius 3 is 2.65 bits per heavy atom. The van der Waals surface area contributed by atoms with E-state index in [4.69, 9.17) is 12.2 Å². The summed E-state index contributed by atoms with van der Waals surface area (Å²) in [5, 5.41) is 7.85. The molecule has 1 saturated carbocycles. The molecule has 1 aromatic rings. The van der Waals surface area contributed by atoms with Gasteiger partial charge in [-0.15, -0.1) is 0 Å². The summed E-state index contributed by atoms with van der Waals surface area (Å²) < 4.78 is 29.4. The van der Waals surface area contributed by atoms with Crippen molar-refractivity contribution in [3.63, 3.8) is 0 Å². The highest BCUT2D eigenvalue weighted by molar-refractivity contribution is 7.80. The van der Waals surface area contributed by atoms with Gasteiger partial charge in [-0.3, -0.25) is 5.43 Å². The van der Waals surface area contributed by atoms with E-state index in [1.165, 1.54) is 25.3 Å². The number of rotatable bonds is 5. The van der Waals surface area contributed by atoms with Crippen LogP contribution in [0.3, 0.4) is 0 Å². The van der Waals surface area contributed by atoms with Gasteiger partial charge in [0.15, 0.2) is 5.11 Å². The lowest BCUT2D eigenvalue weighted by atomic mass is 9.96. The zero-order valence-corrected chi connectivity index (χ0v) is 13.8. The van der Waals surface area contributed by atoms with Gasteiger partial charge in [0, 0.05) is 11.6 Å². The number of para-hydroxylation sites is 1. The van der Waals surface area contributed by atoms with Crippen molar-refractivity contribution in [1.29, 1.82) is 0 Å². The number of alkyl halides is 2. The zero-order valence-electron chi connectivity index (χ0n) is 13.0. The third-order valence-corrected chi connectivity index (χ3v) is 3.97. The molecule has 0 saturated heterocycles. The number of nitrogens with one attached hydrogen (secondary N) is 2. The van der Waals surface area contributed by atoms with E-state index in [0.717, 1.165) is 12.8 Å². The maximum atomic E-state index is 12.4. The molecule has 0 amide bonds. The molecule has 4 nitrogen and oxygen atoms in total. The zero-order chi connectivity index (χ0) is 16.7. The molecule has 1 aliphatic carbocycles. The summed E-state index contributed by atoms with van der Waals surface area (Å²) in [6.45, 7) is -1.16. The van der Waals surface area contributed by atoms with Crippen LogP contribution in [0.1, 0.15) is 44.6 Å². The van der Waals surface area contributed by atoms with Gasteiger partial charge in [-0.05, 0) is 44.1 Å². The number of halogens is 2. The lowest BCUT2D eigenvalue weighted by Gasteiger charge is -2.23. The minimum absolute atomic E-state index is 0.0942. The first-order valence-electron chi connectivity index (χ1n) is 7.71. The van der Waals surface area contributed by atoms with Gasteiger partial charge < -0.3 is 10.1 Å². The van der Waals surface area contributed by atoms with Crippen LogP contribution in [-0.2, 0) is 0 Å². The Balaban J connectivity index is 1.95. The van der Waals surface area contributed by atoms with Crippen LogP contribution in [0.15, 0.2) is 29.4 Å². The summed E-state index contributed by atoms with van der Waals surface area (Å²) >= 11 is 5.23. The smallest absolute Gasteiger partial charge is 0.387 e. The fourth-order valence-corrected chi connectivity index (χ4v) is 2.84. The second kappa shape index (κ2) is 8.76. The molecule has 126 valence electrons. The van der Waals surface area contributed by atoms with Gasteiger partial charge in [-0.1, -0.05) is 31.4 Å². The molecule has 1 aliphatic rings. The van der Waals surface area contributed by atoms with Crippen molar-refractivity contribution in [1.82, 2.24) is 10.7 Å². The summed E-state index contributed by atoms with van der Waals surface area (Å²) in [7, 11) is 0. The minimum Gasteiger partial charge on any atom is -0.434 e. The SMILES string of the molecule is C/C(=N/NC(=S)NC1CCCCC1)c1ccccc1OC(F)F. The van der Waals surface area contributed by atoms with Gasteiger partial charge in [-0.25, -0.2) is 0 Å². The van der Waals surface area contributed by atoms with Crippen molar-refractivity contribution in [2.24, 2.45) is 5.10 Å². The summed E-state index contributed by atoms with van der Waals surface area (Å²) in [4.78, 5) is 0. The highest BCUT2D eigenvalue weighted by atomic mass is 32.1. The highest BCUT2D eigenvalue weighted by Crippen LogP contribution is 2.21. The lowest BCUT2D eigenvalue weighted by Crippen LogP contribution is -2.41. The van der Waals surface area contributed by atoms with Crippen LogP contribution in [-0.4, -0.2) is 23.5 Å². The molecular formula is C16H21F2N3OS. The van der Waals surface area contributed by atoms with E-state index in [1.807, 2.05) is 0 Å². The van der Waals surface area contributed by atoms with E-state index >= 15 is 0 Å². The molecule has 0 aliphatic heterocycles. The number of hydrogen-bond acceptors (Lipinski definition) is 3. The van der Waals surface area contributed by atoms with Crippen LogP contribution in [0, 0.1) is 0 Å². The Morgan fingerprint density at radius 1 is 1.26 bits per heavy atom. The lowest BCUT2D eigenvalue weighted by molar-refractivity contribution is -0.0499. The van der Waals surface area contributed by atoms with Gasteiger partial charge in [0.05, 0.1) is 5.71 Å². The third kappa shape index (κ3) is 5.74. The average Bonchev–Trinajstić information content (AvgIpc) is 2.53. The standard InChI is InChI=1S/C16H21F2N3OS/c1-11(13-9-5-6-10-14(13)22-15(17)18)20-21-16(23)19-12-7-3-2-4-8-12/h5-6,9-10,12,15H,2-4,7-8H2,1H3,(H2,19,21,23)/b20-11-. The Morgan fingerprint density at radius 2 is 1.96 bits per heavy atom. The van der Waals surface area contributed by atoms with Crippen molar-refractivity contribution >= 4 is 23.0 Å². The van der Waals surface area contributed by atoms with Gasteiger partial charge >= 0.3 is 6.61 Å². The second-order valence-electron chi connectivity index (χ2n) is 5.49. The monoisotopic (exact) mass is 341 g/mol. The molecule has 0 spiro atoms. The van der Waals surface area contributed by atoms with E-state index in [1.54, 1.807) is 25.1 Å². The second-order valence-corrected chi connectivity index (χ2v) is 5.90. The van der Waals surface area contributed by atoms with Gasteiger partial charge in [0.1, 0.15) is 5.75 Å². The van der Waals surface area contributed by atoms with E-state index in [2.05, 4.69) is 20.6 Å². The maximum absolute atomic E-state index is 12.4. The van der Waals surface area contributed by atoms with Crippen LogP contribution in [0.25, 0.3) is 0 Å². The Labute approximate surface area is 140 Å². The molecule has 2 N–H and O–H groups in total. The molecule has 1 aromatic carbocycles. The first kappa shape index (κ1) is 17.6. The van der Waals surface area contributed by atoms with Gasteiger partial charge in [0.25, 0.3) is 0 Å². The molecule has 1 fully saturated rings. The van der Waals surface area contributed by atoms with Crippen molar-refractivity contribution < 1.29 is 13.5 Å². The van der Waals surface area contributed by atoms with Gasteiger partial charge in [-0.2, -0.15) is 13.9 Å². The molecule has 0 unspecified atom stereocenters. The number of nitrogens with zero attached hydrogens (tertiary/aromatic N) is 1. The topological polar surface area (TPSA) is 45.7 Å². The summed E-state index contributed by atoms with van der Waals surface area (Å²) in [5.41, 5.74) is 3.80. The molecule has 23 heavy (non-hydrogen) atoms. The number of hydrogen-bond donors (Lipinski definition) is 2. The Hall–Kier alpha value is -1.76. The average molecular weight is 341 g/mol. The first-order chi connectivity index (χ1) is 11.1. The molecule has 0 bridgehead atoms. The van der Waals surface area contributed by atoms with E-state index in [9.17, 15) is 8.78 Å². The van der Waals surface area contributed by atoms with E-state index in [0.29, 0.717) is 22.4 Å². The molecule has 0 radical (unpaired) electrons. The van der Waals surface area contributed by atoms with Gasteiger partial charge in [0.2, 0.25) is 0 Å². The fraction of sp³-hybridized carbons (Fsp3) is 0.500. The molecular weight excluding hydrogens is 320 g/mol. The molecule has 0 heterocycles. The normalized spacial score (nSPS) is 16.3. The summed E-state index contributed by atoms with van der Waals surface area (Å²) in [6.07, 6.45) is 5.91.